The van der Waals surface area contributed by atoms with Gasteiger partial charge in [-0.2, -0.15) is 5.26 Å². The van der Waals surface area contributed by atoms with Gasteiger partial charge in [-0.05, 0) is 23.8 Å². The highest BCUT2D eigenvalue weighted by atomic mass is 32.1. The Morgan fingerprint density at radius 2 is 1.82 bits per heavy atom. The van der Waals surface area contributed by atoms with Crippen LogP contribution in [0.5, 0.6) is 5.75 Å². The molecule has 0 atom stereocenters. The fourth-order valence-electron chi connectivity index (χ4n) is 2.02. The van der Waals surface area contributed by atoms with Crippen molar-refractivity contribution in [3.8, 4) is 23.1 Å². The van der Waals surface area contributed by atoms with E-state index in [0.29, 0.717) is 10.6 Å². The van der Waals surface area contributed by atoms with Gasteiger partial charge in [0.2, 0.25) is 0 Å². The lowest BCUT2D eigenvalue weighted by atomic mass is 10.1. The zero-order chi connectivity index (χ0) is 15.4. The van der Waals surface area contributed by atoms with E-state index in [1.807, 2.05) is 35.7 Å². The summed E-state index contributed by atoms with van der Waals surface area (Å²) in [7, 11) is 0. The molecule has 0 radical (unpaired) electrons. The lowest BCUT2D eigenvalue weighted by Crippen LogP contribution is -1.82. The maximum atomic E-state index is 9.37. The van der Waals surface area contributed by atoms with Gasteiger partial charge in [0.05, 0.1) is 11.3 Å². The van der Waals surface area contributed by atoms with Crippen LogP contribution in [0.15, 0.2) is 60.0 Å². The zero-order valence-electron chi connectivity index (χ0n) is 11.6. The quantitative estimate of drug-likeness (QED) is 0.720. The molecular formula is C18H12N2OS. The Bertz CT molecular complexity index is 843. The third kappa shape index (κ3) is 3.05. The molecule has 0 spiro atoms. The van der Waals surface area contributed by atoms with Crippen molar-refractivity contribution >= 4 is 23.0 Å². The van der Waals surface area contributed by atoms with Crippen LogP contribution in [0.1, 0.15) is 10.6 Å². The largest absolute Gasteiger partial charge is 0.508 e. The molecular weight excluding hydrogens is 292 g/mol. The molecule has 1 aromatic heterocycles. The number of allylic oxidation sites excluding steroid dienone is 1. The number of aromatic hydroxyl groups is 1. The molecule has 1 N–H and O–H groups in total. The molecule has 4 heteroatoms. The van der Waals surface area contributed by atoms with E-state index < -0.39 is 0 Å². The second-order valence-electron chi connectivity index (χ2n) is 4.67. The highest BCUT2D eigenvalue weighted by molar-refractivity contribution is 7.11. The van der Waals surface area contributed by atoms with Crippen LogP contribution in [0.25, 0.3) is 22.9 Å². The van der Waals surface area contributed by atoms with Gasteiger partial charge in [-0.15, -0.1) is 11.3 Å². The molecule has 3 nitrogen and oxygen atoms in total. The van der Waals surface area contributed by atoms with Crippen molar-refractivity contribution in [2.45, 2.75) is 0 Å². The summed E-state index contributed by atoms with van der Waals surface area (Å²) in [5.74, 6) is 0.205. The first-order valence-corrected chi connectivity index (χ1v) is 7.56. The molecule has 106 valence electrons. The second kappa shape index (κ2) is 6.25. The van der Waals surface area contributed by atoms with Gasteiger partial charge in [0.25, 0.3) is 0 Å². The minimum Gasteiger partial charge on any atom is -0.508 e. The van der Waals surface area contributed by atoms with Crippen LogP contribution in [0, 0.1) is 11.3 Å². The van der Waals surface area contributed by atoms with Crippen LogP contribution < -0.4 is 0 Å². The van der Waals surface area contributed by atoms with E-state index in [0.717, 1.165) is 16.8 Å². The van der Waals surface area contributed by atoms with E-state index >= 15 is 0 Å². The first-order valence-electron chi connectivity index (χ1n) is 6.68. The summed E-state index contributed by atoms with van der Waals surface area (Å²) in [5, 5.41) is 21.3. The number of hydrogen-bond acceptors (Lipinski definition) is 4. The Balaban J connectivity index is 1.94. The molecule has 0 aliphatic heterocycles. The number of nitriles is 1. The van der Waals surface area contributed by atoms with Crippen molar-refractivity contribution in [1.29, 1.82) is 5.26 Å². The minimum absolute atomic E-state index is 0.205. The van der Waals surface area contributed by atoms with Crippen LogP contribution in [0.3, 0.4) is 0 Å². The van der Waals surface area contributed by atoms with Gasteiger partial charge in [0.15, 0.2) is 0 Å². The molecule has 0 saturated heterocycles. The van der Waals surface area contributed by atoms with Gasteiger partial charge >= 0.3 is 0 Å². The molecule has 0 fully saturated rings. The SMILES string of the molecule is N#C/C(=C\c1ccc(O)cc1)c1nc(-c2ccccc2)cs1. The van der Waals surface area contributed by atoms with E-state index in [-0.39, 0.29) is 5.75 Å². The average Bonchev–Trinajstić information content (AvgIpc) is 3.05. The van der Waals surface area contributed by atoms with E-state index in [9.17, 15) is 10.4 Å². The molecule has 3 rings (SSSR count). The number of benzene rings is 2. The molecule has 0 aliphatic rings. The third-order valence-corrected chi connectivity index (χ3v) is 4.00. The average molecular weight is 304 g/mol. The summed E-state index contributed by atoms with van der Waals surface area (Å²) in [4.78, 5) is 4.54. The number of phenols is 1. The number of phenolic OH excluding ortho intramolecular Hbond substituents is 1. The number of hydrogen-bond donors (Lipinski definition) is 1. The van der Waals surface area contributed by atoms with Gasteiger partial charge in [-0.3, -0.25) is 0 Å². The predicted molar refractivity (Wildman–Crippen MR) is 89.1 cm³/mol. The molecule has 0 saturated carbocycles. The van der Waals surface area contributed by atoms with Crippen LogP contribution in [-0.2, 0) is 0 Å². The summed E-state index contributed by atoms with van der Waals surface area (Å²) in [5.41, 5.74) is 3.27. The van der Waals surface area contributed by atoms with Gasteiger partial charge in [-0.25, -0.2) is 4.98 Å². The van der Waals surface area contributed by atoms with E-state index in [2.05, 4.69) is 11.1 Å². The van der Waals surface area contributed by atoms with Crippen LogP contribution in [0.4, 0.5) is 0 Å². The molecule has 0 aliphatic carbocycles. The fraction of sp³-hybridized carbons (Fsp3) is 0. The Morgan fingerprint density at radius 3 is 2.50 bits per heavy atom. The van der Waals surface area contributed by atoms with Crippen molar-refractivity contribution < 1.29 is 5.11 Å². The van der Waals surface area contributed by atoms with Gasteiger partial charge in [-0.1, -0.05) is 42.5 Å². The number of aromatic nitrogens is 1. The summed E-state index contributed by atoms with van der Waals surface area (Å²) >= 11 is 1.45. The molecule has 0 unspecified atom stereocenters. The van der Waals surface area contributed by atoms with Gasteiger partial charge in [0.1, 0.15) is 16.8 Å². The fourth-order valence-corrected chi connectivity index (χ4v) is 2.81. The Hall–Kier alpha value is -2.90. The first-order chi connectivity index (χ1) is 10.8. The molecule has 22 heavy (non-hydrogen) atoms. The molecule has 0 amide bonds. The Morgan fingerprint density at radius 1 is 1.09 bits per heavy atom. The topological polar surface area (TPSA) is 56.9 Å². The number of nitrogens with zero attached hydrogens (tertiary/aromatic N) is 2. The number of thiazole rings is 1. The van der Waals surface area contributed by atoms with Crippen LogP contribution in [-0.4, -0.2) is 10.1 Å². The molecule has 3 aromatic rings. The van der Waals surface area contributed by atoms with Crippen molar-refractivity contribution in [3.63, 3.8) is 0 Å². The zero-order valence-corrected chi connectivity index (χ0v) is 12.4. The predicted octanol–water partition coefficient (Wildman–Crippen LogP) is 4.58. The van der Waals surface area contributed by atoms with Crippen molar-refractivity contribution in [2.24, 2.45) is 0 Å². The van der Waals surface area contributed by atoms with E-state index in [4.69, 9.17) is 0 Å². The first kappa shape index (κ1) is 14.1. The second-order valence-corrected chi connectivity index (χ2v) is 5.52. The van der Waals surface area contributed by atoms with Gasteiger partial charge < -0.3 is 5.11 Å². The summed E-state index contributed by atoms with van der Waals surface area (Å²) in [6, 6.07) is 18.8. The lowest BCUT2D eigenvalue weighted by molar-refractivity contribution is 0.475. The van der Waals surface area contributed by atoms with Gasteiger partial charge in [0, 0.05) is 10.9 Å². The standard InChI is InChI=1S/C18H12N2OS/c19-11-15(10-13-6-8-16(21)9-7-13)18-20-17(12-22-18)14-4-2-1-3-5-14/h1-10,12,21H/b15-10+. The smallest absolute Gasteiger partial charge is 0.134 e. The minimum atomic E-state index is 0.205. The van der Waals surface area contributed by atoms with Crippen molar-refractivity contribution in [1.82, 2.24) is 4.98 Å². The molecule has 0 bridgehead atoms. The van der Waals surface area contributed by atoms with Crippen molar-refractivity contribution in [2.75, 3.05) is 0 Å². The van der Waals surface area contributed by atoms with E-state index in [1.165, 1.54) is 11.3 Å². The maximum Gasteiger partial charge on any atom is 0.134 e. The van der Waals surface area contributed by atoms with Crippen LogP contribution >= 0.6 is 11.3 Å². The lowest BCUT2D eigenvalue weighted by Gasteiger charge is -1.97. The summed E-state index contributed by atoms with van der Waals surface area (Å²) < 4.78 is 0. The van der Waals surface area contributed by atoms with Crippen LogP contribution in [0.2, 0.25) is 0 Å². The summed E-state index contributed by atoms with van der Waals surface area (Å²) in [6.45, 7) is 0. The van der Waals surface area contributed by atoms with E-state index in [1.54, 1.807) is 30.3 Å². The third-order valence-electron chi connectivity index (χ3n) is 3.13. The normalized spacial score (nSPS) is 11.1. The Labute approximate surface area is 132 Å². The summed E-state index contributed by atoms with van der Waals surface area (Å²) in [6.07, 6.45) is 1.77. The molecule has 2 aromatic carbocycles. The monoisotopic (exact) mass is 304 g/mol. The maximum absolute atomic E-state index is 9.37. The number of rotatable bonds is 3. The highest BCUT2D eigenvalue weighted by Crippen LogP contribution is 2.27. The highest BCUT2D eigenvalue weighted by Gasteiger charge is 2.08. The Kier molecular flexibility index (Phi) is 3.99. The van der Waals surface area contributed by atoms with Crippen molar-refractivity contribution in [3.05, 3.63) is 70.5 Å². The molecule has 1 heterocycles.